The molecule has 9 rings (SSSR count). The summed E-state index contributed by atoms with van der Waals surface area (Å²) in [6.07, 6.45) is 20.8. The molecule has 0 heteroatoms. The first-order valence-corrected chi connectivity index (χ1v) is 10.4. The molecule has 122 valence electrons. The summed E-state index contributed by atoms with van der Waals surface area (Å²) in [6, 6.07) is 0. The summed E-state index contributed by atoms with van der Waals surface area (Å²) in [7, 11) is 0. The molecule has 0 heterocycles. The topological polar surface area (TPSA) is 0 Å². The molecule has 4 bridgehead atoms. The summed E-state index contributed by atoms with van der Waals surface area (Å²) in [5.41, 5.74) is 8.71. The van der Waals surface area contributed by atoms with E-state index in [2.05, 4.69) is 62.5 Å². The van der Waals surface area contributed by atoms with Crippen molar-refractivity contribution in [1.82, 2.24) is 0 Å². The van der Waals surface area contributed by atoms with Gasteiger partial charge < -0.3 is 0 Å². The molecule has 0 aromatic heterocycles. The molecule has 0 amide bonds. The van der Waals surface area contributed by atoms with E-state index in [-0.39, 0.29) is 5.41 Å². The first-order valence-electron chi connectivity index (χ1n) is 10.4. The van der Waals surface area contributed by atoms with Crippen LogP contribution in [-0.4, -0.2) is 0 Å². The lowest BCUT2D eigenvalue weighted by molar-refractivity contribution is 0.472. The van der Waals surface area contributed by atoms with Gasteiger partial charge in [-0.2, -0.15) is 0 Å². The van der Waals surface area contributed by atoms with E-state index in [1.165, 1.54) is 0 Å². The van der Waals surface area contributed by atoms with E-state index >= 15 is 0 Å². The fourth-order valence-corrected chi connectivity index (χ4v) is 9.06. The van der Waals surface area contributed by atoms with Crippen LogP contribution in [0, 0.1) is 63.6 Å². The van der Waals surface area contributed by atoms with E-state index in [9.17, 15) is 0 Å². The van der Waals surface area contributed by atoms with Gasteiger partial charge in [0.05, 0.1) is 0 Å². The van der Waals surface area contributed by atoms with Gasteiger partial charge >= 0.3 is 0 Å². The Balaban J connectivity index is 1.38. The second-order valence-electron chi connectivity index (χ2n) is 10.9. The Kier molecular flexibility index (Phi) is 1.35. The molecule has 9 aliphatic carbocycles. The smallest absolute Gasteiger partial charge is 0.0172 e. The minimum absolute atomic E-state index is 0.226. The van der Waals surface area contributed by atoms with Crippen molar-refractivity contribution in [2.24, 2.45) is 63.6 Å². The molecule has 25 heavy (non-hydrogen) atoms. The molecule has 0 aromatic carbocycles. The molecule has 9 aliphatic rings. The van der Waals surface area contributed by atoms with Gasteiger partial charge in [-0.05, 0) is 57.8 Å². The number of allylic oxidation sites excluding steroid dienone is 12. The van der Waals surface area contributed by atoms with Crippen molar-refractivity contribution >= 4 is 0 Å². The second kappa shape index (κ2) is 2.82. The van der Waals surface area contributed by atoms with Gasteiger partial charge in [0.1, 0.15) is 0 Å². The summed E-state index contributed by atoms with van der Waals surface area (Å²) < 4.78 is 0. The average Bonchev–Trinajstić information content (AvgIpc) is 3.36. The van der Waals surface area contributed by atoms with Gasteiger partial charge in [0, 0.05) is 28.1 Å². The summed E-state index contributed by atoms with van der Waals surface area (Å²) in [5.74, 6) is 6.53. The van der Waals surface area contributed by atoms with Gasteiger partial charge in [-0.15, -0.1) is 0 Å². The Morgan fingerprint density at radius 1 is 0.640 bits per heavy atom. The molecule has 4 fully saturated rings. The van der Waals surface area contributed by atoms with Crippen molar-refractivity contribution in [3.05, 3.63) is 70.9 Å². The Labute approximate surface area is 148 Å². The van der Waals surface area contributed by atoms with E-state index in [0.29, 0.717) is 22.7 Å². The Morgan fingerprint density at radius 2 is 1.12 bits per heavy atom. The zero-order chi connectivity index (χ0) is 16.1. The zero-order valence-electron chi connectivity index (χ0n) is 14.7. The number of hydrogen-bond donors (Lipinski definition) is 0. The van der Waals surface area contributed by atoms with Crippen LogP contribution in [0.25, 0.3) is 0 Å². The Morgan fingerprint density at radius 3 is 1.60 bits per heavy atom. The normalized spacial score (nSPS) is 64.9. The van der Waals surface area contributed by atoms with Crippen molar-refractivity contribution in [3.8, 4) is 0 Å². The van der Waals surface area contributed by atoms with Crippen LogP contribution in [0.3, 0.4) is 0 Å². The third kappa shape index (κ3) is 0.860. The minimum Gasteiger partial charge on any atom is -0.0833 e. The summed E-state index contributed by atoms with van der Waals surface area (Å²) >= 11 is 0. The highest BCUT2D eigenvalue weighted by Gasteiger charge is 2.90. The van der Waals surface area contributed by atoms with Crippen molar-refractivity contribution in [3.63, 3.8) is 0 Å². The van der Waals surface area contributed by atoms with Crippen LogP contribution >= 0.6 is 0 Å². The maximum absolute atomic E-state index is 2.65. The van der Waals surface area contributed by atoms with Crippen LogP contribution < -0.4 is 0 Å². The average molecular weight is 322 g/mol. The van der Waals surface area contributed by atoms with Crippen molar-refractivity contribution in [2.75, 3.05) is 0 Å². The highest BCUT2D eigenvalue weighted by molar-refractivity contribution is 5.72. The third-order valence-corrected chi connectivity index (χ3v) is 10.2. The molecule has 10 unspecified atom stereocenters. The molecule has 2 spiro atoms. The van der Waals surface area contributed by atoms with Crippen LogP contribution in [0.1, 0.15) is 13.8 Å². The zero-order valence-corrected chi connectivity index (χ0v) is 14.7. The molecule has 0 aromatic rings. The fourth-order valence-electron chi connectivity index (χ4n) is 9.06. The Bertz CT molecular complexity index is 956. The van der Waals surface area contributed by atoms with Crippen LogP contribution in [0.4, 0.5) is 0 Å². The maximum Gasteiger partial charge on any atom is 0.0172 e. The van der Waals surface area contributed by atoms with Crippen LogP contribution in [-0.2, 0) is 0 Å². The molecular weight excluding hydrogens is 300 g/mol. The van der Waals surface area contributed by atoms with E-state index in [0.717, 1.165) is 35.5 Å². The minimum atomic E-state index is 0.226. The molecule has 0 aliphatic heterocycles. The van der Waals surface area contributed by atoms with E-state index in [1.54, 1.807) is 11.1 Å². The third-order valence-electron chi connectivity index (χ3n) is 10.2. The van der Waals surface area contributed by atoms with Gasteiger partial charge in [-0.1, -0.05) is 62.5 Å². The molecular formula is C25H22. The molecule has 0 saturated heterocycles. The van der Waals surface area contributed by atoms with Gasteiger partial charge in [0.25, 0.3) is 0 Å². The highest BCUT2D eigenvalue weighted by Crippen LogP contribution is 2.94. The molecule has 0 nitrogen and oxygen atoms in total. The first kappa shape index (κ1) is 11.9. The summed E-state index contributed by atoms with van der Waals surface area (Å²) in [6.45, 7) is 5.09. The lowest BCUT2D eigenvalue weighted by atomic mass is 9.70. The van der Waals surface area contributed by atoms with Crippen LogP contribution in [0.5, 0.6) is 0 Å². The quantitative estimate of drug-likeness (QED) is 0.559. The van der Waals surface area contributed by atoms with E-state index < -0.39 is 0 Å². The number of fused-ring (bicyclic) bond motifs is 11. The summed E-state index contributed by atoms with van der Waals surface area (Å²) in [4.78, 5) is 0. The molecule has 0 N–H and O–H groups in total. The molecule has 10 atom stereocenters. The van der Waals surface area contributed by atoms with Gasteiger partial charge in [0.2, 0.25) is 0 Å². The first-order chi connectivity index (χ1) is 12.1. The molecule has 0 radical (unpaired) electrons. The predicted octanol–water partition coefficient (Wildman–Crippen LogP) is 4.86. The lowest BCUT2D eigenvalue weighted by Crippen LogP contribution is -2.24. The number of rotatable bonds is 0. The number of hydrogen-bond acceptors (Lipinski definition) is 0. The second-order valence-corrected chi connectivity index (χ2v) is 10.9. The fraction of sp³-hybridized carbons (Fsp3) is 0.520. The van der Waals surface area contributed by atoms with Crippen molar-refractivity contribution in [2.45, 2.75) is 13.8 Å². The van der Waals surface area contributed by atoms with Crippen molar-refractivity contribution in [1.29, 1.82) is 0 Å². The SMILES string of the molecule is CC1(C)C2=C(C3=C1C1C=CC4C5C3C45C=C1)C1C3C4C=CC2C=CC413. The van der Waals surface area contributed by atoms with Gasteiger partial charge in [0.15, 0.2) is 0 Å². The van der Waals surface area contributed by atoms with E-state index in [4.69, 9.17) is 0 Å². The predicted molar refractivity (Wildman–Crippen MR) is 97.2 cm³/mol. The molecule has 4 saturated carbocycles. The monoisotopic (exact) mass is 322 g/mol. The van der Waals surface area contributed by atoms with Crippen LogP contribution in [0.2, 0.25) is 0 Å². The lowest BCUT2D eigenvalue weighted by Gasteiger charge is -2.34. The van der Waals surface area contributed by atoms with Crippen molar-refractivity contribution < 1.29 is 0 Å². The maximum atomic E-state index is 2.65. The largest absolute Gasteiger partial charge is 0.0833 e. The van der Waals surface area contributed by atoms with Gasteiger partial charge in [-0.3, -0.25) is 0 Å². The summed E-state index contributed by atoms with van der Waals surface area (Å²) in [5, 5.41) is 0. The van der Waals surface area contributed by atoms with Crippen LogP contribution in [0.15, 0.2) is 70.9 Å². The van der Waals surface area contributed by atoms with Gasteiger partial charge in [-0.25, -0.2) is 0 Å². The standard InChI is InChI=1S/C25H22/c1-23(2)17-11-3-5-13-19-21(24(13,19)9-7-11)15(17)16-18(23)12-4-6-14-20-22(16)25(14,20)10-8-12/h3-14,19-22H,1-2H3. The van der Waals surface area contributed by atoms with E-state index in [1.807, 2.05) is 11.1 Å². The highest BCUT2D eigenvalue weighted by atomic mass is 14.9. The Hall–Kier alpha value is -1.56.